The third-order valence-electron chi connectivity index (χ3n) is 5.25. The van der Waals surface area contributed by atoms with Crippen LogP contribution in [0.3, 0.4) is 0 Å². The number of carboxylic acid groups (broad SMARTS) is 1. The lowest BCUT2D eigenvalue weighted by Crippen LogP contribution is -2.02. The molecule has 32 heavy (non-hydrogen) atoms. The summed E-state index contributed by atoms with van der Waals surface area (Å²) in [6.07, 6.45) is 2.59. The van der Waals surface area contributed by atoms with Crippen molar-refractivity contribution in [1.82, 2.24) is 19.5 Å². The molecule has 1 N–H and O–H groups in total. The zero-order chi connectivity index (χ0) is 22.6. The van der Waals surface area contributed by atoms with Gasteiger partial charge < -0.3 is 5.11 Å². The molecule has 0 aliphatic carbocycles. The van der Waals surface area contributed by atoms with Gasteiger partial charge in [0.2, 0.25) is 5.95 Å². The van der Waals surface area contributed by atoms with Gasteiger partial charge in [0.15, 0.2) is 5.82 Å². The Morgan fingerprint density at radius 3 is 2.59 bits per heavy atom. The van der Waals surface area contributed by atoms with E-state index in [1.165, 1.54) is 36.5 Å². The van der Waals surface area contributed by atoms with Gasteiger partial charge in [-0.3, -0.25) is 9.55 Å². The van der Waals surface area contributed by atoms with Crippen LogP contribution in [-0.4, -0.2) is 30.6 Å². The van der Waals surface area contributed by atoms with Crippen LogP contribution < -0.4 is 0 Å². The highest BCUT2D eigenvalue weighted by Gasteiger charge is 2.22. The summed E-state index contributed by atoms with van der Waals surface area (Å²) in [5, 5.41) is 9.99. The summed E-state index contributed by atoms with van der Waals surface area (Å²) in [5.41, 5.74) is 0.991. The summed E-state index contributed by atoms with van der Waals surface area (Å²) < 4.78 is 44.5. The summed E-state index contributed by atoms with van der Waals surface area (Å²) in [6, 6.07) is 10.0. The minimum Gasteiger partial charge on any atom is -0.478 e. The molecule has 5 aromatic rings. The first-order valence-corrected chi connectivity index (χ1v) is 9.47. The van der Waals surface area contributed by atoms with Gasteiger partial charge in [-0.25, -0.2) is 23.5 Å². The number of carboxylic acids is 1. The number of carbonyl (C=O) groups is 1. The molecule has 0 spiro atoms. The largest absolute Gasteiger partial charge is 0.478 e. The van der Waals surface area contributed by atoms with Crippen molar-refractivity contribution in [1.29, 1.82) is 0 Å². The Balaban J connectivity index is 1.91. The van der Waals surface area contributed by atoms with Crippen molar-refractivity contribution in [2.75, 3.05) is 0 Å². The Kier molecular flexibility index (Phi) is 4.40. The predicted molar refractivity (Wildman–Crippen MR) is 111 cm³/mol. The highest BCUT2D eigenvalue weighted by Crippen LogP contribution is 2.34. The topological polar surface area (TPSA) is 80.9 Å². The number of fused-ring (bicyclic) bond motifs is 2. The van der Waals surface area contributed by atoms with Crippen LogP contribution in [-0.2, 0) is 0 Å². The summed E-state index contributed by atoms with van der Waals surface area (Å²) in [5.74, 6) is -3.92. The molecule has 0 unspecified atom stereocenters. The lowest BCUT2D eigenvalue weighted by atomic mass is 10.0. The molecule has 0 bridgehead atoms. The molecule has 9 heteroatoms. The summed E-state index contributed by atoms with van der Waals surface area (Å²) >= 11 is 0. The second-order valence-corrected chi connectivity index (χ2v) is 7.12. The molecule has 0 aliphatic rings. The van der Waals surface area contributed by atoms with Crippen molar-refractivity contribution in [3.63, 3.8) is 0 Å². The molecule has 0 fully saturated rings. The number of nitrogens with zero attached hydrogens (tertiary/aromatic N) is 4. The van der Waals surface area contributed by atoms with Crippen molar-refractivity contribution in [2.24, 2.45) is 0 Å². The zero-order valence-corrected chi connectivity index (χ0v) is 16.5. The van der Waals surface area contributed by atoms with Crippen LogP contribution in [0.4, 0.5) is 13.2 Å². The van der Waals surface area contributed by atoms with Gasteiger partial charge in [-0.2, -0.15) is 4.39 Å². The molecule has 0 saturated carbocycles. The number of halogens is 3. The first-order chi connectivity index (χ1) is 15.4. The van der Waals surface area contributed by atoms with Crippen LogP contribution in [0.25, 0.3) is 38.8 Å². The first kappa shape index (κ1) is 19.7. The van der Waals surface area contributed by atoms with E-state index in [0.29, 0.717) is 22.5 Å². The predicted octanol–water partition coefficient (Wildman–Crippen LogP) is 5.06. The lowest BCUT2D eigenvalue weighted by molar-refractivity contribution is 0.0699. The van der Waals surface area contributed by atoms with Crippen molar-refractivity contribution in [3.8, 4) is 16.8 Å². The normalized spacial score (nSPS) is 11.4. The van der Waals surface area contributed by atoms with E-state index in [0.717, 1.165) is 6.20 Å². The van der Waals surface area contributed by atoms with E-state index in [-0.39, 0.29) is 27.6 Å². The fourth-order valence-electron chi connectivity index (χ4n) is 3.89. The molecule has 5 rings (SSSR count). The molecule has 0 radical (unpaired) electrons. The van der Waals surface area contributed by atoms with E-state index in [1.54, 1.807) is 23.6 Å². The molecule has 0 amide bonds. The number of rotatable bonds is 3. The number of aromatic carboxylic acids is 1. The van der Waals surface area contributed by atoms with Gasteiger partial charge in [0.25, 0.3) is 0 Å². The van der Waals surface area contributed by atoms with Gasteiger partial charge in [0, 0.05) is 18.0 Å². The van der Waals surface area contributed by atoms with E-state index < -0.39 is 23.6 Å². The number of imidazole rings is 1. The van der Waals surface area contributed by atoms with Gasteiger partial charge in [-0.1, -0.05) is 6.07 Å². The third-order valence-corrected chi connectivity index (χ3v) is 5.25. The molecule has 0 saturated heterocycles. The summed E-state index contributed by atoms with van der Waals surface area (Å²) in [7, 11) is 0. The van der Waals surface area contributed by atoms with Crippen LogP contribution >= 0.6 is 0 Å². The van der Waals surface area contributed by atoms with Gasteiger partial charge >= 0.3 is 5.97 Å². The molecule has 0 aliphatic heterocycles. The second kappa shape index (κ2) is 7.16. The van der Waals surface area contributed by atoms with E-state index >= 15 is 0 Å². The number of aryl methyl sites for hydroxylation is 1. The molecule has 6 nitrogen and oxygen atoms in total. The van der Waals surface area contributed by atoms with Crippen LogP contribution in [0.2, 0.25) is 0 Å². The lowest BCUT2D eigenvalue weighted by Gasteiger charge is -2.12. The smallest absolute Gasteiger partial charge is 0.337 e. The zero-order valence-electron chi connectivity index (χ0n) is 16.5. The standard InChI is InChI=1S/C23H13F3N4O2/c1-11-29-21-14(23(31)32)9-12(13-5-7-28-22(26)20(13)25)10-18(21)30(11)17-6-8-27-16-4-2-3-15(24)19(16)17/h2-10H,1H3,(H,31,32). The first-order valence-electron chi connectivity index (χ1n) is 9.47. The van der Waals surface area contributed by atoms with Crippen molar-refractivity contribution >= 4 is 27.9 Å². The number of benzene rings is 2. The van der Waals surface area contributed by atoms with Gasteiger partial charge in [-0.05, 0) is 48.9 Å². The number of pyridine rings is 2. The maximum Gasteiger partial charge on any atom is 0.337 e. The number of aromatic nitrogens is 4. The molecule has 0 atom stereocenters. The summed E-state index contributed by atoms with van der Waals surface area (Å²) in [4.78, 5) is 23.8. The van der Waals surface area contributed by atoms with Crippen molar-refractivity contribution in [2.45, 2.75) is 6.92 Å². The minimum atomic E-state index is -1.30. The Morgan fingerprint density at radius 2 is 1.81 bits per heavy atom. The SMILES string of the molecule is Cc1nc2c(C(=O)O)cc(-c3ccnc(F)c3F)cc2n1-c1ccnc2cccc(F)c12. The Morgan fingerprint density at radius 1 is 1.03 bits per heavy atom. The van der Waals surface area contributed by atoms with Crippen LogP contribution in [0.15, 0.2) is 54.9 Å². The van der Waals surface area contributed by atoms with Gasteiger partial charge in [-0.15, -0.1) is 0 Å². The van der Waals surface area contributed by atoms with Crippen molar-refractivity contribution < 1.29 is 23.1 Å². The second-order valence-electron chi connectivity index (χ2n) is 7.12. The van der Waals surface area contributed by atoms with E-state index in [2.05, 4.69) is 15.0 Å². The highest BCUT2D eigenvalue weighted by atomic mass is 19.2. The Bertz CT molecular complexity index is 1560. The monoisotopic (exact) mass is 434 g/mol. The highest BCUT2D eigenvalue weighted by molar-refractivity contribution is 6.04. The quantitative estimate of drug-likeness (QED) is 0.402. The minimum absolute atomic E-state index is 0.119. The van der Waals surface area contributed by atoms with E-state index in [9.17, 15) is 23.1 Å². The van der Waals surface area contributed by atoms with Crippen LogP contribution in [0.5, 0.6) is 0 Å². The molecule has 158 valence electrons. The fourth-order valence-corrected chi connectivity index (χ4v) is 3.89. The van der Waals surface area contributed by atoms with Crippen molar-refractivity contribution in [3.05, 3.63) is 83.8 Å². The average Bonchev–Trinajstić information content (AvgIpc) is 3.10. The van der Waals surface area contributed by atoms with Gasteiger partial charge in [0.05, 0.1) is 27.7 Å². The van der Waals surface area contributed by atoms with Crippen LogP contribution in [0.1, 0.15) is 16.2 Å². The molecule has 2 aromatic carbocycles. The molecule has 3 aromatic heterocycles. The maximum atomic E-state index is 14.8. The third kappa shape index (κ3) is 2.89. The molecule has 3 heterocycles. The maximum absolute atomic E-state index is 14.8. The Labute approximate surface area is 178 Å². The van der Waals surface area contributed by atoms with E-state index in [4.69, 9.17) is 0 Å². The summed E-state index contributed by atoms with van der Waals surface area (Å²) in [6.45, 7) is 1.64. The van der Waals surface area contributed by atoms with Crippen LogP contribution in [0, 0.1) is 24.5 Å². The number of hydrogen-bond acceptors (Lipinski definition) is 4. The molecular weight excluding hydrogens is 421 g/mol. The Hall–Kier alpha value is -4.27. The van der Waals surface area contributed by atoms with Gasteiger partial charge in [0.1, 0.15) is 17.2 Å². The fraction of sp³-hybridized carbons (Fsp3) is 0.0435. The average molecular weight is 434 g/mol. The molecular formula is C23H13F3N4O2. The van der Waals surface area contributed by atoms with E-state index in [1.807, 2.05) is 0 Å². The number of hydrogen-bond donors (Lipinski definition) is 1.